The van der Waals surface area contributed by atoms with Gasteiger partial charge in [0.15, 0.2) is 6.10 Å². The molecule has 1 aliphatic carbocycles. The Bertz CT molecular complexity index is 1010. The summed E-state index contributed by atoms with van der Waals surface area (Å²) >= 11 is 0. The SMILES string of the molecule is CC[C@@H](CC(=O)NCC1CCOC1C(=O)O)NC(=O)OCC1c2ccccc2-c2ccccc21. The van der Waals surface area contributed by atoms with Crippen molar-refractivity contribution in [1.82, 2.24) is 10.6 Å². The van der Waals surface area contributed by atoms with E-state index in [0.717, 1.165) is 22.3 Å². The van der Waals surface area contributed by atoms with Crippen molar-refractivity contribution in [1.29, 1.82) is 0 Å². The van der Waals surface area contributed by atoms with Crippen LogP contribution in [0.15, 0.2) is 48.5 Å². The molecule has 3 atom stereocenters. The van der Waals surface area contributed by atoms with Gasteiger partial charge in [-0.1, -0.05) is 55.5 Å². The number of carbonyl (C=O) groups excluding carboxylic acids is 2. The van der Waals surface area contributed by atoms with Crippen LogP contribution in [0, 0.1) is 5.92 Å². The highest BCUT2D eigenvalue weighted by Gasteiger charge is 2.34. The molecule has 2 unspecified atom stereocenters. The van der Waals surface area contributed by atoms with E-state index >= 15 is 0 Å². The minimum Gasteiger partial charge on any atom is -0.479 e. The molecule has 180 valence electrons. The smallest absolute Gasteiger partial charge is 0.407 e. The molecule has 2 amide bonds. The zero-order valence-corrected chi connectivity index (χ0v) is 19.2. The number of ether oxygens (including phenoxy) is 2. The normalized spacial score (nSPS) is 19.7. The monoisotopic (exact) mass is 466 g/mol. The van der Waals surface area contributed by atoms with Gasteiger partial charge in [0, 0.05) is 37.5 Å². The quantitative estimate of drug-likeness (QED) is 0.523. The average Bonchev–Trinajstić information content (AvgIpc) is 3.44. The number of hydrogen-bond donors (Lipinski definition) is 3. The van der Waals surface area contributed by atoms with Crippen molar-refractivity contribution < 1.29 is 29.0 Å². The second-order valence-electron chi connectivity index (χ2n) is 8.76. The van der Waals surface area contributed by atoms with Gasteiger partial charge in [-0.05, 0) is 35.1 Å². The van der Waals surface area contributed by atoms with E-state index in [4.69, 9.17) is 9.47 Å². The molecule has 1 heterocycles. The molecule has 4 rings (SSSR count). The van der Waals surface area contributed by atoms with Crippen molar-refractivity contribution in [2.45, 2.75) is 44.2 Å². The highest BCUT2D eigenvalue weighted by Crippen LogP contribution is 2.44. The molecule has 0 radical (unpaired) electrons. The third kappa shape index (κ3) is 5.22. The van der Waals surface area contributed by atoms with Gasteiger partial charge in [-0.15, -0.1) is 0 Å². The third-order valence-electron chi connectivity index (χ3n) is 6.61. The van der Waals surface area contributed by atoms with Gasteiger partial charge in [0.25, 0.3) is 0 Å². The molecule has 2 aromatic carbocycles. The summed E-state index contributed by atoms with van der Waals surface area (Å²) in [5, 5.41) is 14.7. The Morgan fingerprint density at radius 1 is 1.09 bits per heavy atom. The number of carboxylic acids is 1. The van der Waals surface area contributed by atoms with Gasteiger partial charge in [0.1, 0.15) is 6.61 Å². The summed E-state index contributed by atoms with van der Waals surface area (Å²) in [6, 6.07) is 15.9. The number of hydrogen-bond acceptors (Lipinski definition) is 5. The van der Waals surface area contributed by atoms with E-state index in [1.807, 2.05) is 31.2 Å². The van der Waals surface area contributed by atoms with Gasteiger partial charge < -0.3 is 25.2 Å². The maximum atomic E-state index is 12.5. The second kappa shape index (κ2) is 10.7. The summed E-state index contributed by atoms with van der Waals surface area (Å²) in [4.78, 5) is 36.1. The predicted octanol–water partition coefficient (Wildman–Crippen LogP) is 3.30. The zero-order chi connectivity index (χ0) is 24.1. The molecule has 2 aromatic rings. The Morgan fingerprint density at radius 3 is 2.35 bits per heavy atom. The molecule has 0 aromatic heterocycles. The summed E-state index contributed by atoms with van der Waals surface area (Å²) in [6.45, 7) is 2.70. The minimum absolute atomic E-state index is 0.0302. The van der Waals surface area contributed by atoms with E-state index in [0.29, 0.717) is 19.4 Å². The lowest BCUT2D eigenvalue weighted by molar-refractivity contribution is -0.149. The lowest BCUT2D eigenvalue weighted by Crippen LogP contribution is -2.41. The molecule has 1 aliphatic heterocycles. The van der Waals surface area contributed by atoms with E-state index < -0.39 is 18.2 Å². The summed E-state index contributed by atoms with van der Waals surface area (Å²) in [6.07, 6.45) is -0.210. The summed E-state index contributed by atoms with van der Waals surface area (Å²) < 4.78 is 10.8. The van der Waals surface area contributed by atoms with Gasteiger partial charge in [0.05, 0.1) is 0 Å². The maximum absolute atomic E-state index is 12.5. The fraction of sp³-hybridized carbons (Fsp3) is 0.423. The van der Waals surface area contributed by atoms with Gasteiger partial charge in [-0.3, -0.25) is 4.79 Å². The number of benzene rings is 2. The summed E-state index contributed by atoms with van der Waals surface area (Å²) in [7, 11) is 0. The van der Waals surface area contributed by atoms with Crippen LogP contribution in [-0.4, -0.2) is 55.0 Å². The van der Waals surface area contributed by atoms with Crippen molar-refractivity contribution in [3.05, 3.63) is 59.7 Å². The fourth-order valence-corrected chi connectivity index (χ4v) is 4.76. The first-order valence-electron chi connectivity index (χ1n) is 11.7. The third-order valence-corrected chi connectivity index (χ3v) is 6.61. The molecule has 0 saturated carbocycles. The first kappa shape index (κ1) is 23.8. The van der Waals surface area contributed by atoms with E-state index in [9.17, 15) is 19.5 Å². The number of aliphatic carboxylic acids is 1. The van der Waals surface area contributed by atoms with Crippen LogP contribution in [0.5, 0.6) is 0 Å². The summed E-state index contributed by atoms with van der Waals surface area (Å²) in [5.74, 6) is -1.55. The van der Waals surface area contributed by atoms with Crippen molar-refractivity contribution in [3.8, 4) is 11.1 Å². The van der Waals surface area contributed by atoms with Crippen LogP contribution in [0.25, 0.3) is 11.1 Å². The Hall–Kier alpha value is -3.39. The predicted molar refractivity (Wildman–Crippen MR) is 125 cm³/mol. The number of fused-ring (bicyclic) bond motifs is 3. The molecule has 1 fully saturated rings. The van der Waals surface area contributed by atoms with Gasteiger partial charge in [-0.25, -0.2) is 9.59 Å². The second-order valence-corrected chi connectivity index (χ2v) is 8.76. The van der Waals surface area contributed by atoms with E-state index in [2.05, 4.69) is 34.9 Å². The number of rotatable bonds is 9. The summed E-state index contributed by atoms with van der Waals surface area (Å²) in [5.41, 5.74) is 4.60. The minimum atomic E-state index is -1.01. The lowest BCUT2D eigenvalue weighted by atomic mass is 9.98. The van der Waals surface area contributed by atoms with Gasteiger partial charge >= 0.3 is 12.1 Å². The molecule has 0 spiro atoms. The number of carboxylic acid groups (broad SMARTS) is 1. The van der Waals surface area contributed by atoms with Crippen molar-refractivity contribution in [2.75, 3.05) is 19.8 Å². The largest absolute Gasteiger partial charge is 0.479 e. The number of alkyl carbamates (subject to hydrolysis) is 1. The number of amides is 2. The molecule has 3 N–H and O–H groups in total. The van der Waals surface area contributed by atoms with Crippen molar-refractivity contribution in [3.63, 3.8) is 0 Å². The topological polar surface area (TPSA) is 114 Å². The zero-order valence-electron chi connectivity index (χ0n) is 19.2. The van der Waals surface area contributed by atoms with Crippen LogP contribution in [0.4, 0.5) is 4.79 Å². The van der Waals surface area contributed by atoms with Crippen LogP contribution < -0.4 is 10.6 Å². The first-order valence-corrected chi connectivity index (χ1v) is 11.7. The highest BCUT2D eigenvalue weighted by molar-refractivity contribution is 5.80. The van der Waals surface area contributed by atoms with Gasteiger partial charge in [-0.2, -0.15) is 0 Å². The molecular formula is C26H30N2O6. The van der Waals surface area contributed by atoms with E-state index in [1.54, 1.807) is 0 Å². The van der Waals surface area contributed by atoms with E-state index in [1.165, 1.54) is 0 Å². The maximum Gasteiger partial charge on any atom is 0.407 e. The van der Waals surface area contributed by atoms with Crippen LogP contribution >= 0.6 is 0 Å². The molecule has 2 aliphatic rings. The van der Waals surface area contributed by atoms with Crippen LogP contribution in [0.1, 0.15) is 43.2 Å². The number of nitrogens with one attached hydrogen (secondary N) is 2. The standard InChI is InChI=1S/C26H30N2O6/c1-2-17(13-23(29)27-14-16-11-12-33-24(16)25(30)31)28-26(32)34-15-22-20-9-5-3-7-18(20)19-8-4-6-10-21(19)22/h3-10,16-17,22,24H,2,11-15H2,1H3,(H,27,29)(H,28,32)(H,30,31)/t16?,17-,24?/m0/s1. The Morgan fingerprint density at radius 2 is 1.74 bits per heavy atom. The molecule has 8 heteroatoms. The Kier molecular flexibility index (Phi) is 7.47. The fourth-order valence-electron chi connectivity index (χ4n) is 4.76. The Labute approximate surface area is 198 Å². The molecule has 0 bridgehead atoms. The highest BCUT2D eigenvalue weighted by atomic mass is 16.5. The van der Waals surface area contributed by atoms with Crippen molar-refractivity contribution in [2.24, 2.45) is 5.92 Å². The van der Waals surface area contributed by atoms with Gasteiger partial charge in [0.2, 0.25) is 5.91 Å². The molecule has 34 heavy (non-hydrogen) atoms. The van der Waals surface area contributed by atoms with E-state index in [-0.39, 0.29) is 43.4 Å². The molecular weight excluding hydrogens is 436 g/mol. The molecule has 1 saturated heterocycles. The molecule has 8 nitrogen and oxygen atoms in total. The Balaban J connectivity index is 1.27. The van der Waals surface area contributed by atoms with Crippen LogP contribution in [0.2, 0.25) is 0 Å². The lowest BCUT2D eigenvalue weighted by Gasteiger charge is -2.20. The van der Waals surface area contributed by atoms with Crippen molar-refractivity contribution >= 4 is 18.0 Å². The average molecular weight is 467 g/mol. The first-order chi connectivity index (χ1) is 16.5. The number of carbonyl (C=O) groups is 3. The van der Waals surface area contributed by atoms with Crippen LogP contribution in [0.3, 0.4) is 0 Å². The van der Waals surface area contributed by atoms with Crippen LogP contribution in [-0.2, 0) is 19.1 Å².